The van der Waals surface area contributed by atoms with Crippen LogP contribution in [0.5, 0.6) is 0 Å². The lowest BCUT2D eigenvalue weighted by Crippen LogP contribution is -2.01. The predicted octanol–water partition coefficient (Wildman–Crippen LogP) is 6.00. The summed E-state index contributed by atoms with van der Waals surface area (Å²) in [4.78, 5) is -0.825. The maximum Gasteiger partial charge on any atom is 0.137 e. The smallest absolute Gasteiger partial charge is 0.137 e. The number of alkyl halides is 1. The van der Waals surface area contributed by atoms with Gasteiger partial charge in [0.15, 0.2) is 0 Å². The zero-order valence-corrected chi connectivity index (χ0v) is 13.2. The fourth-order valence-electron chi connectivity index (χ4n) is 1.61. The van der Waals surface area contributed by atoms with Crippen molar-refractivity contribution < 1.29 is 13.2 Å². The van der Waals surface area contributed by atoms with Crippen LogP contribution in [0.4, 0.5) is 13.2 Å². The number of hydrogen-bond acceptors (Lipinski definition) is 0. The third-order valence-electron chi connectivity index (χ3n) is 2.54. The van der Waals surface area contributed by atoms with Crippen molar-refractivity contribution >= 4 is 43.5 Å². The Morgan fingerprint density at radius 1 is 0.895 bits per heavy atom. The molecule has 1 atom stereocenters. The van der Waals surface area contributed by atoms with Gasteiger partial charge in [0.05, 0.1) is 9.30 Å². The maximum absolute atomic E-state index is 13.8. The Kier molecular flexibility index (Phi) is 4.58. The molecule has 2 aromatic rings. The molecule has 0 heterocycles. The predicted molar refractivity (Wildman–Crippen MR) is 76.2 cm³/mol. The molecule has 2 rings (SSSR count). The molecule has 0 saturated heterocycles. The van der Waals surface area contributed by atoms with Crippen LogP contribution in [0.1, 0.15) is 16.0 Å². The maximum atomic E-state index is 13.8. The van der Waals surface area contributed by atoms with Crippen molar-refractivity contribution in [1.82, 2.24) is 0 Å². The summed E-state index contributed by atoms with van der Waals surface area (Å²) < 4.78 is 41.0. The first-order valence-corrected chi connectivity index (χ1v) is 7.22. The molecule has 100 valence electrons. The molecule has 6 heteroatoms. The Hall–Kier alpha value is -0.520. The highest BCUT2D eigenvalue weighted by Crippen LogP contribution is 2.36. The van der Waals surface area contributed by atoms with Gasteiger partial charge in [0.1, 0.15) is 17.5 Å². The number of hydrogen-bond donors (Lipinski definition) is 0. The van der Waals surface area contributed by atoms with E-state index in [0.717, 1.165) is 12.1 Å². The van der Waals surface area contributed by atoms with Gasteiger partial charge in [-0.15, -0.1) is 0 Å². The van der Waals surface area contributed by atoms with Gasteiger partial charge in [-0.25, -0.2) is 13.2 Å². The summed E-state index contributed by atoms with van der Waals surface area (Å²) in [6, 6.07) is 5.95. The lowest BCUT2D eigenvalue weighted by Gasteiger charge is -2.13. The van der Waals surface area contributed by atoms with Gasteiger partial charge in [0.25, 0.3) is 0 Å². The van der Waals surface area contributed by atoms with E-state index in [1.165, 1.54) is 18.2 Å². The van der Waals surface area contributed by atoms with Gasteiger partial charge in [0, 0.05) is 16.1 Å². The highest BCUT2D eigenvalue weighted by atomic mass is 79.9. The molecule has 0 saturated carbocycles. The van der Waals surface area contributed by atoms with Crippen LogP contribution in [-0.2, 0) is 0 Å². The van der Waals surface area contributed by atoms with E-state index in [2.05, 4.69) is 31.9 Å². The Balaban J connectivity index is 2.52. The van der Waals surface area contributed by atoms with Gasteiger partial charge in [-0.3, -0.25) is 0 Å². The van der Waals surface area contributed by atoms with E-state index in [9.17, 15) is 13.2 Å². The van der Waals surface area contributed by atoms with Crippen molar-refractivity contribution in [3.05, 3.63) is 68.4 Å². The lowest BCUT2D eigenvalue weighted by molar-refractivity contribution is 0.577. The number of halogens is 6. The first-order valence-electron chi connectivity index (χ1n) is 5.13. The van der Waals surface area contributed by atoms with Crippen LogP contribution < -0.4 is 0 Å². The highest BCUT2D eigenvalue weighted by Gasteiger charge is 2.20. The van der Waals surface area contributed by atoms with Gasteiger partial charge in [0.2, 0.25) is 0 Å². The SMILES string of the molecule is Fc1cc(C(Br)c2cc(Cl)ccc2F)c(F)cc1Br. The standard InChI is InChI=1S/C13H6Br2ClF3/c14-9-5-11(18)8(4-12(9)19)13(15)7-3-6(16)1-2-10(7)17/h1-5,13H. The van der Waals surface area contributed by atoms with Crippen molar-refractivity contribution in [2.75, 3.05) is 0 Å². The van der Waals surface area contributed by atoms with E-state index < -0.39 is 22.3 Å². The van der Waals surface area contributed by atoms with Gasteiger partial charge < -0.3 is 0 Å². The zero-order chi connectivity index (χ0) is 14.2. The third kappa shape index (κ3) is 3.15. The van der Waals surface area contributed by atoms with Crippen molar-refractivity contribution in [1.29, 1.82) is 0 Å². The highest BCUT2D eigenvalue weighted by molar-refractivity contribution is 9.10. The minimum absolute atomic E-state index is 0.00173. The molecule has 0 bridgehead atoms. The van der Waals surface area contributed by atoms with Crippen molar-refractivity contribution in [2.45, 2.75) is 4.83 Å². The van der Waals surface area contributed by atoms with E-state index in [1.807, 2.05) is 0 Å². The molecular formula is C13H6Br2ClF3. The Morgan fingerprint density at radius 2 is 1.53 bits per heavy atom. The summed E-state index contributed by atoms with van der Waals surface area (Å²) in [6.07, 6.45) is 0. The molecule has 0 aliphatic rings. The Morgan fingerprint density at radius 3 is 2.21 bits per heavy atom. The van der Waals surface area contributed by atoms with E-state index in [-0.39, 0.29) is 15.6 Å². The van der Waals surface area contributed by atoms with Crippen LogP contribution >= 0.6 is 43.5 Å². The minimum atomic E-state index is -0.825. The summed E-state index contributed by atoms with van der Waals surface area (Å²) >= 11 is 11.8. The summed E-state index contributed by atoms with van der Waals surface area (Å²) in [7, 11) is 0. The monoisotopic (exact) mass is 412 g/mol. The molecule has 0 radical (unpaired) electrons. The molecule has 0 aliphatic heterocycles. The van der Waals surface area contributed by atoms with E-state index in [0.29, 0.717) is 5.02 Å². The van der Waals surface area contributed by atoms with Gasteiger partial charge in [-0.2, -0.15) is 0 Å². The van der Waals surface area contributed by atoms with Gasteiger partial charge in [-0.05, 0) is 46.3 Å². The third-order valence-corrected chi connectivity index (χ3v) is 4.37. The van der Waals surface area contributed by atoms with Gasteiger partial charge in [-0.1, -0.05) is 27.5 Å². The second kappa shape index (κ2) is 5.85. The summed E-state index contributed by atoms with van der Waals surface area (Å²) in [5.41, 5.74) is 0.148. The van der Waals surface area contributed by atoms with E-state index in [1.54, 1.807) is 0 Å². The molecule has 2 aromatic carbocycles. The molecule has 0 N–H and O–H groups in total. The van der Waals surface area contributed by atoms with Crippen LogP contribution in [0.2, 0.25) is 5.02 Å². The van der Waals surface area contributed by atoms with Gasteiger partial charge >= 0.3 is 0 Å². The number of benzene rings is 2. The van der Waals surface area contributed by atoms with Crippen molar-refractivity contribution in [3.63, 3.8) is 0 Å². The van der Waals surface area contributed by atoms with Crippen LogP contribution in [0, 0.1) is 17.5 Å². The zero-order valence-electron chi connectivity index (χ0n) is 9.23. The van der Waals surface area contributed by atoms with Crippen molar-refractivity contribution in [3.8, 4) is 0 Å². The quantitative estimate of drug-likeness (QED) is 0.417. The normalized spacial score (nSPS) is 12.5. The average Bonchev–Trinajstić information content (AvgIpc) is 2.36. The minimum Gasteiger partial charge on any atom is -0.207 e. The fourth-order valence-corrected chi connectivity index (χ4v) is 2.81. The molecular weight excluding hydrogens is 408 g/mol. The Labute approximate surface area is 129 Å². The second-order valence-electron chi connectivity index (χ2n) is 3.82. The average molecular weight is 414 g/mol. The topological polar surface area (TPSA) is 0 Å². The molecule has 0 amide bonds. The first kappa shape index (κ1) is 14.9. The molecule has 0 spiro atoms. The molecule has 0 aromatic heterocycles. The summed E-state index contributed by atoms with van der Waals surface area (Å²) in [6.45, 7) is 0. The first-order chi connectivity index (χ1) is 8.90. The van der Waals surface area contributed by atoms with Crippen LogP contribution in [0.25, 0.3) is 0 Å². The fraction of sp³-hybridized carbons (Fsp3) is 0.0769. The molecule has 0 aliphatic carbocycles. The Bertz CT molecular complexity index is 632. The molecule has 0 fully saturated rings. The summed E-state index contributed by atoms with van der Waals surface area (Å²) in [5.74, 6) is -1.81. The van der Waals surface area contributed by atoms with Crippen LogP contribution in [-0.4, -0.2) is 0 Å². The molecule has 1 unspecified atom stereocenters. The van der Waals surface area contributed by atoms with E-state index >= 15 is 0 Å². The number of rotatable bonds is 2. The largest absolute Gasteiger partial charge is 0.207 e. The van der Waals surface area contributed by atoms with Crippen molar-refractivity contribution in [2.24, 2.45) is 0 Å². The van der Waals surface area contributed by atoms with E-state index in [4.69, 9.17) is 11.6 Å². The lowest BCUT2D eigenvalue weighted by atomic mass is 10.0. The molecule has 19 heavy (non-hydrogen) atoms. The molecule has 0 nitrogen and oxygen atoms in total. The summed E-state index contributed by atoms with van der Waals surface area (Å²) in [5, 5.41) is 0.318. The second-order valence-corrected chi connectivity index (χ2v) is 6.02. The van der Waals surface area contributed by atoms with Crippen LogP contribution in [0.3, 0.4) is 0 Å². The van der Waals surface area contributed by atoms with Crippen LogP contribution in [0.15, 0.2) is 34.8 Å².